The van der Waals surface area contributed by atoms with E-state index in [1.807, 2.05) is 67.8 Å². The number of anilines is 1. The van der Waals surface area contributed by atoms with E-state index in [0.29, 0.717) is 23.3 Å². The Kier molecular flexibility index (Phi) is 5.97. The van der Waals surface area contributed by atoms with Crippen LogP contribution in [0.5, 0.6) is 0 Å². The number of aromatic nitrogens is 3. The van der Waals surface area contributed by atoms with Gasteiger partial charge < -0.3 is 9.73 Å². The summed E-state index contributed by atoms with van der Waals surface area (Å²) in [5.74, 6) is 1.49. The Morgan fingerprint density at radius 2 is 2.03 bits per heavy atom. The summed E-state index contributed by atoms with van der Waals surface area (Å²) in [7, 11) is 0. The number of benzene rings is 2. The van der Waals surface area contributed by atoms with Gasteiger partial charge in [-0.05, 0) is 62.2 Å². The van der Waals surface area contributed by atoms with Crippen LogP contribution in [0.2, 0.25) is 0 Å². The lowest BCUT2D eigenvalue weighted by Gasteiger charge is -2.10. The number of aryl methyl sites for hydroxylation is 1. The maximum Gasteiger partial charge on any atom is 0.234 e. The van der Waals surface area contributed by atoms with Crippen LogP contribution >= 0.6 is 27.7 Å². The van der Waals surface area contributed by atoms with E-state index in [2.05, 4.69) is 31.4 Å². The van der Waals surface area contributed by atoms with Gasteiger partial charge in [-0.3, -0.25) is 9.36 Å². The van der Waals surface area contributed by atoms with E-state index in [0.717, 1.165) is 32.3 Å². The Labute approximate surface area is 187 Å². The average Bonchev–Trinajstić information content (AvgIpc) is 3.32. The number of hydrogen-bond acceptors (Lipinski definition) is 5. The molecule has 1 amide bonds. The number of amides is 1. The molecular formula is C22H21BrN4O2S. The number of nitrogens with zero attached hydrogens (tertiary/aromatic N) is 3. The van der Waals surface area contributed by atoms with E-state index in [9.17, 15) is 4.79 Å². The van der Waals surface area contributed by atoms with Crippen molar-refractivity contribution in [1.82, 2.24) is 14.8 Å². The average molecular weight is 485 g/mol. The second-order valence-corrected chi connectivity index (χ2v) is 8.79. The number of carbonyl (C=O) groups is 1. The van der Waals surface area contributed by atoms with Gasteiger partial charge in [0, 0.05) is 22.1 Å². The number of halogens is 1. The number of nitrogens with one attached hydrogen (secondary N) is 1. The monoisotopic (exact) mass is 484 g/mol. The van der Waals surface area contributed by atoms with Crippen molar-refractivity contribution in [2.75, 3.05) is 11.1 Å². The van der Waals surface area contributed by atoms with Gasteiger partial charge >= 0.3 is 0 Å². The molecule has 2 aromatic carbocycles. The highest BCUT2D eigenvalue weighted by atomic mass is 79.9. The van der Waals surface area contributed by atoms with Crippen LogP contribution in [0, 0.1) is 13.8 Å². The summed E-state index contributed by atoms with van der Waals surface area (Å²) >= 11 is 4.84. The van der Waals surface area contributed by atoms with E-state index in [-0.39, 0.29) is 11.7 Å². The molecule has 2 heterocycles. The van der Waals surface area contributed by atoms with E-state index < -0.39 is 0 Å². The van der Waals surface area contributed by atoms with Gasteiger partial charge in [0.05, 0.1) is 5.75 Å². The lowest BCUT2D eigenvalue weighted by Crippen LogP contribution is -2.15. The number of fused-ring (bicyclic) bond motifs is 1. The zero-order valence-corrected chi connectivity index (χ0v) is 19.3. The SMILES string of the molecule is CCn1c(SCC(=O)Nc2cccc(C)c2C)nnc1-c1cc2cc(Br)ccc2o1. The predicted molar refractivity (Wildman–Crippen MR) is 124 cm³/mol. The Hall–Kier alpha value is -2.58. The fourth-order valence-corrected chi connectivity index (χ4v) is 4.37. The Morgan fingerprint density at radius 3 is 2.83 bits per heavy atom. The van der Waals surface area contributed by atoms with Crippen molar-refractivity contribution in [2.45, 2.75) is 32.5 Å². The third-order valence-electron chi connectivity index (χ3n) is 4.94. The van der Waals surface area contributed by atoms with Gasteiger partial charge in [0.25, 0.3) is 0 Å². The molecule has 0 bridgehead atoms. The van der Waals surface area contributed by atoms with Crippen molar-refractivity contribution in [3.05, 3.63) is 58.1 Å². The second-order valence-electron chi connectivity index (χ2n) is 6.93. The molecule has 4 rings (SSSR count). The molecule has 0 saturated carbocycles. The lowest BCUT2D eigenvalue weighted by atomic mass is 10.1. The Bertz CT molecular complexity index is 1230. The molecule has 0 aliphatic carbocycles. The summed E-state index contributed by atoms with van der Waals surface area (Å²) in [5.41, 5.74) is 3.85. The smallest absolute Gasteiger partial charge is 0.234 e. The summed E-state index contributed by atoms with van der Waals surface area (Å²) in [4.78, 5) is 12.5. The van der Waals surface area contributed by atoms with Gasteiger partial charge in [-0.25, -0.2) is 0 Å². The molecule has 0 fully saturated rings. The first kappa shape index (κ1) is 20.7. The van der Waals surface area contributed by atoms with Crippen LogP contribution in [0.4, 0.5) is 5.69 Å². The molecule has 6 nitrogen and oxygen atoms in total. The summed E-state index contributed by atoms with van der Waals surface area (Å²) in [6.45, 7) is 6.72. The normalized spacial score (nSPS) is 11.2. The molecule has 0 saturated heterocycles. The largest absolute Gasteiger partial charge is 0.453 e. The molecule has 0 unspecified atom stereocenters. The van der Waals surface area contributed by atoms with Crippen molar-refractivity contribution in [3.8, 4) is 11.6 Å². The molecule has 8 heteroatoms. The number of furan rings is 1. The standard InChI is InChI=1S/C22H21BrN4O2S/c1-4-27-21(19-11-15-10-16(23)8-9-18(15)29-19)25-26-22(27)30-12-20(28)24-17-7-5-6-13(2)14(17)3/h5-11H,4,12H2,1-3H3,(H,24,28). The number of carbonyl (C=O) groups excluding carboxylic acids is 1. The Morgan fingerprint density at radius 1 is 1.20 bits per heavy atom. The number of rotatable bonds is 6. The van der Waals surface area contributed by atoms with Crippen LogP contribution in [0.1, 0.15) is 18.1 Å². The molecule has 30 heavy (non-hydrogen) atoms. The predicted octanol–water partition coefficient (Wildman–Crippen LogP) is 5.82. The van der Waals surface area contributed by atoms with E-state index in [4.69, 9.17) is 4.42 Å². The topological polar surface area (TPSA) is 73.0 Å². The van der Waals surface area contributed by atoms with Crippen LogP contribution in [0.25, 0.3) is 22.6 Å². The van der Waals surface area contributed by atoms with E-state index in [1.54, 1.807) is 0 Å². The number of thioether (sulfide) groups is 1. The highest BCUT2D eigenvalue weighted by Crippen LogP contribution is 2.31. The quantitative estimate of drug-likeness (QED) is 0.349. The molecule has 4 aromatic rings. The van der Waals surface area contributed by atoms with Gasteiger partial charge in [0.2, 0.25) is 11.7 Å². The second kappa shape index (κ2) is 8.65. The molecule has 0 aliphatic rings. The summed E-state index contributed by atoms with van der Waals surface area (Å²) in [5, 5.41) is 13.3. The molecule has 0 spiro atoms. The van der Waals surface area contributed by atoms with Crippen LogP contribution in [-0.4, -0.2) is 26.4 Å². The number of hydrogen-bond donors (Lipinski definition) is 1. The minimum absolute atomic E-state index is 0.0745. The minimum atomic E-state index is -0.0745. The van der Waals surface area contributed by atoms with Crippen molar-refractivity contribution >= 4 is 50.3 Å². The molecular weight excluding hydrogens is 464 g/mol. The van der Waals surface area contributed by atoms with Gasteiger partial charge in [-0.2, -0.15) is 0 Å². The van der Waals surface area contributed by atoms with Crippen molar-refractivity contribution in [2.24, 2.45) is 0 Å². The highest BCUT2D eigenvalue weighted by molar-refractivity contribution is 9.10. The van der Waals surface area contributed by atoms with Crippen LogP contribution in [-0.2, 0) is 11.3 Å². The lowest BCUT2D eigenvalue weighted by molar-refractivity contribution is -0.113. The molecule has 2 aromatic heterocycles. The fraction of sp³-hybridized carbons (Fsp3) is 0.227. The molecule has 154 valence electrons. The van der Waals surface area contributed by atoms with Crippen LogP contribution in [0.15, 0.2) is 56.5 Å². The molecule has 0 atom stereocenters. The highest BCUT2D eigenvalue weighted by Gasteiger charge is 2.18. The van der Waals surface area contributed by atoms with E-state index >= 15 is 0 Å². The molecule has 0 aliphatic heterocycles. The van der Waals surface area contributed by atoms with Gasteiger partial charge in [0.1, 0.15) is 5.58 Å². The minimum Gasteiger partial charge on any atom is -0.453 e. The van der Waals surface area contributed by atoms with Crippen molar-refractivity contribution in [1.29, 1.82) is 0 Å². The molecule has 1 N–H and O–H groups in total. The van der Waals surface area contributed by atoms with Crippen LogP contribution in [0.3, 0.4) is 0 Å². The Balaban J connectivity index is 1.50. The van der Waals surface area contributed by atoms with Gasteiger partial charge in [-0.1, -0.05) is 39.8 Å². The fourth-order valence-electron chi connectivity index (χ4n) is 3.19. The first-order valence-electron chi connectivity index (χ1n) is 9.57. The van der Waals surface area contributed by atoms with Crippen LogP contribution < -0.4 is 5.32 Å². The summed E-state index contributed by atoms with van der Waals surface area (Å²) < 4.78 is 8.91. The third-order valence-corrected chi connectivity index (χ3v) is 6.40. The molecule has 0 radical (unpaired) electrons. The maximum atomic E-state index is 12.5. The first-order chi connectivity index (χ1) is 14.5. The third kappa shape index (κ3) is 4.15. The summed E-state index contributed by atoms with van der Waals surface area (Å²) in [6.07, 6.45) is 0. The zero-order chi connectivity index (χ0) is 21.3. The van der Waals surface area contributed by atoms with Crippen molar-refractivity contribution < 1.29 is 9.21 Å². The van der Waals surface area contributed by atoms with Crippen molar-refractivity contribution in [3.63, 3.8) is 0 Å². The first-order valence-corrected chi connectivity index (χ1v) is 11.4. The maximum absolute atomic E-state index is 12.5. The zero-order valence-electron chi connectivity index (χ0n) is 16.9. The van der Waals surface area contributed by atoms with E-state index in [1.165, 1.54) is 11.8 Å². The van der Waals surface area contributed by atoms with Gasteiger partial charge in [-0.15, -0.1) is 10.2 Å². The van der Waals surface area contributed by atoms with Gasteiger partial charge in [0.15, 0.2) is 10.9 Å². The summed E-state index contributed by atoms with van der Waals surface area (Å²) in [6, 6.07) is 13.7.